The lowest BCUT2D eigenvalue weighted by molar-refractivity contribution is -0.0235. The van der Waals surface area contributed by atoms with Crippen LogP contribution in [0.5, 0.6) is 0 Å². The molecule has 1 saturated carbocycles. The molecule has 0 aromatic rings. The van der Waals surface area contributed by atoms with Gasteiger partial charge in [0.15, 0.2) is 0 Å². The lowest BCUT2D eigenvalue weighted by Gasteiger charge is -2.40. The van der Waals surface area contributed by atoms with Gasteiger partial charge >= 0.3 is 0 Å². The van der Waals surface area contributed by atoms with Crippen molar-refractivity contribution < 1.29 is 4.74 Å². The third-order valence-corrected chi connectivity index (χ3v) is 4.10. The predicted molar refractivity (Wildman–Crippen MR) is 63.5 cm³/mol. The molecule has 1 heterocycles. The fourth-order valence-corrected chi connectivity index (χ4v) is 3.14. The summed E-state index contributed by atoms with van der Waals surface area (Å²) in [6, 6.07) is 1.24. The van der Waals surface area contributed by atoms with E-state index < -0.39 is 0 Å². The SMILES string of the molecule is ClCC1COCCN1C1CCCCCC1. The van der Waals surface area contributed by atoms with Gasteiger partial charge in [-0.05, 0) is 12.8 Å². The molecule has 0 bridgehead atoms. The van der Waals surface area contributed by atoms with Gasteiger partial charge in [0.2, 0.25) is 0 Å². The molecule has 88 valence electrons. The summed E-state index contributed by atoms with van der Waals surface area (Å²) in [5.74, 6) is 0.719. The third kappa shape index (κ3) is 3.08. The molecule has 1 unspecified atom stereocenters. The van der Waals surface area contributed by atoms with E-state index in [-0.39, 0.29) is 0 Å². The highest BCUT2D eigenvalue weighted by Crippen LogP contribution is 2.25. The van der Waals surface area contributed by atoms with E-state index in [4.69, 9.17) is 16.3 Å². The highest BCUT2D eigenvalue weighted by atomic mass is 35.5. The number of halogens is 1. The van der Waals surface area contributed by atoms with Gasteiger partial charge in [-0.15, -0.1) is 11.6 Å². The Morgan fingerprint density at radius 3 is 2.53 bits per heavy atom. The van der Waals surface area contributed by atoms with Crippen molar-refractivity contribution in [3.63, 3.8) is 0 Å². The third-order valence-electron chi connectivity index (χ3n) is 3.74. The second-order valence-corrected chi connectivity index (χ2v) is 5.07. The number of ether oxygens (including phenoxy) is 1. The lowest BCUT2D eigenvalue weighted by Crippen LogP contribution is -2.51. The largest absolute Gasteiger partial charge is 0.378 e. The first-order chi connectivity index (χ1) is 7.42. The fraction of sp³-hybridized carbons (Fsp3) is 1.00. The van der Waals surface area contributed by atoms with E-state index >= 15 is 0 Å². The molecule has 2 aliphatic rings. The van der Waals surface area contributed by atoms with Gasteiger partial charge in [0.1, 0.15) is 0 Å². The Bertz CT molecular complexity index is 180. The van der Waals surface area contributed by atoms with Crippen LogP contribution in [0.4, 0.5) is 0 Å². The van der Waals surface area contributed by atoms with Crippen molar-refractivity contribution in [2.45, 2.75) is 50.6 Å². The number of morpholine rings is 1. The van der Waals surface area contributed by atoms with E-state index in [1.54, 1.807) is 0 Å². The van der Waals surface area contributed by atoms with Crippen LogP contribution < -0.4 is 0 Å². The van der Waals surface area contributed by atoms with E-state index in [1.165, 1.54) is 38.5 Å². The summed E-state index contributed by atoms with van der Waals surface area (Å²) < 4.78 is 5.50. The van der Waals surface area contributed by atoms with E-state index in [2.05, 4.69) is 4.90 Å². The average Bonchev–Trinajstić information content (AvgIpc) is 2.57. The second kappa shape index (κ2) is 6.07. The van der Waals surface area contributed by atoms with Gasteiger partial charge in [0, 0.05) is 24.5 Å². The van der Waals surface area contributed by atoms with Crippen LogP contribution in [0.3, 0.4) is 0 Å². The van der Waals surface area contributed by atoms with Gasteiger partial charge in [-0.25, -0.2) is 0 Å². The van der Waals surface area contributed by atoms with Crippen molar-refractivity contribution >= 4 is 11.6 Å². The zero-order valence-corrected chi connectivity index (χ0v) is 10.2. The van der Waals surface area contributed by atoms with Crippen LogP contribution in [0.2, 0.25) is 0 Å². The molecule has 0 aromatic heterocycles. The van der Waals surface area contributed by atoms with Crippen molar-refractivity contribution in [2.24, 2.45) is 0 Å². The van der Waals surface area contributed by atoms with Gasteiger partial charge in [-0.2, -0.15) is 0 Å². The second-order valence-electron chi connectivity index (χ2n) is 4.77. The Balaban J connectivity index is 1.92. The van der Waals surface area contributed by atoms with Crippen molar-refractivity contribution in [3.05, 3.63) is 0 Å². The first-order valence-electron chi connectivity index (χ1n) is 6.31. The molecule has 1 saturated heterocycles. The number of hydrogen-bond donors (Lipinski definition) is 0. The van der Waals surface area contributed by atoms with E-state index in [9.17, 15) is 0 Å². The molecular formula is C12H22ClNO. The maximum atomic E-state index is 6.01. The Morgan fingerprint density at radius 1 is 1.13 bits per heavy atom. The summed E-state index contributed by atoms with van der Waals surface area (Å²) in [5.41, 5.74) is 0. The Morgan fingerprint density at radius 2 is 1.87 bits per heavy atom. The van der Waals surface area contributed by atoms with Crippen molar-refractivity contribution in [1.82, 2.24) is 4.90 Å². The molecule has 1 atom stereocenters. The maximum Gasteiger partial charge on any atom is 0.0634 e. The minimum Gasteiger partial charge on any atom is -0.378 e. The molecular weight excluding hydrogens is 210 g/mol. The van der Waals surface area contributed by atoms with Crippen molar-refractivity contribution in [2.75, 3.05) is 25.6 Å². The molecule has 1 aliphatic heterocycles. The Kier molecular flexibility index (Phi) is 4.73. The minimum atomic E-state index is 0.462. The zero-order valence-electron chi connectivity index (χ0n) is 9.46. The smallest absolute Gasteiger partial charge is 0.0634 e. The van der Waals surface area contributed by atoms with Crippen LogP contribution in [-0.2, 0) is 4.74 Å². The molecule has 0 amide bonds. The lowest BCUT2D eigenvalue weighted by atomic mass is 10.0. The van der Waals surface area contributed by atoms with Gasteiger partial charge in [0.05, 0.1) is 13.2 Å². The van der Waals surface area contributed by atoms with Gasteiger partial charge < -0.3 is 4.74 Å². The standard InChI is InChI=1S/C12H22ClNO/c13-9-12-10-15-8-7-14(12)11-5-3-1-2-4-6-11/h11-12H,1-10H2. The topological polar surface area (TPSA) is 12.5 Å². The maximum absolute atomic E-state index is 6.01. The summed E-state index contributed by atoms with van der Waals surface area (Å²) in [4.78, 5) is 2.61. The molecule has 1 aliphatic carbocycles. The molecule has 2 fully saturated rings. The molecule has 0 aromatic carbocycles. The number of rotatable bonds is 2. The fourth-order valence-electron chi connectivity index (χ4n) is 2.87. The summed E-state index contributed by atoms with van der Waals surface area (Å²) >= 11 is 6.01. The normalized spacial score (nSPS) is 31.4. The van der Waals surface area contributed by atoms with E-state index in [1.807, 2.05) is 0 Å². The molecule has 3 heteroatoms. The molecule has 0 N–H and O–H groups in total. The first-order valence-corrected chi connectivity index (χ1v) is 6.84. The monoisotopic (exact) mass is 231 g/mol. The van der Waals surface area contributed by atoms with Crippen LogP contribution in [-0.4, -0.2) is 42.6 Å². The highest BCUT2D eigenvalue weighted by Gasteiger charge is 2.28. The van der Waals surface area contributed by atoms with Crippen LogP contribution in [0.1, 0.15) is 38.5 Å². The van der Waals surface area contributed by atoms with E-state index in [0.717, 1.165) is 31.7 Å². The highest BCUT2D eigenvalue weighted by molar-refractivity contribution is 6.18. The molecule has 15 heavy (non-hydrogen) atoms. The molecule has 2 rings (SSSR count). The summed E-state index contributed by atoms with van der Waals surface area (Å²) in [5, 5.41) is 0. The van der Waals surface area contributed by atoms with Crippen LogP contribution in [0.25, 0.3) is 0 Å². The first kappa shape index (κ1) is 11.7. The zero-order chi connectivity index (χ0) is 10.5. The predicted octanol–water partition coefficient (Wildman–Crippen LogP) is 2.65. The van der Waals surface area contributed by atoms with Crippen LogP contribution in [0, 0.1) is 0 Å². The summed E-state index contributed by atoms with van der Waals surface area (Å²) in [6.07, 6.45) is 8.38. The van der Waals surface area contributed by atoms with Crippen LogP contribution in [0.15, 0.2) is 0 Å². The number of hydrogen-bond acceptors (Lipinski definition) is 2. The van der Waals surface area contributed by atoms with E-state index in [0.29, 0.717) is 6.04 Å². The molecule has 0 spiro atoms. The summed E-state index contributed by atoms with van der Waals surface area (Å²) in [6.45, 7) is 2.81. The van der Waals surface area contributed by atoms with Gasteiger partial charge in [-0.3, -0.25) is 4.90 Å². The van der Waals surface area contributed by atoms with Crippen molar-refractivity contribution in [3.8, 4) is 0 Å². The van der Waals surface area contributed by atoms with Gasteiger partial charge in [-0.1, -0.05) is 25.7 Å². The summed E-state index contributed by atoms with van der Waals surface area (Å²) in [7, 11) is 0. The van der Waals surface area contributed by atoms with Crippen molar-refractivity contribution in [1.29, 1.82) is 0 Å². The molecule has 0 radical (unpaired) electrons. The number of alkyl halides is 1. The Labute approximate surface area is 97.9 Å². The molecule has 2 nitrogen and oxygen atoms in total. The quantitative estimate of drug-likeness (QED) is 0.535. The Hall–Kier alpha value is 0.210. The van der Waals surface area contributed by atoms with Gasteiger partial charge in [0.25, 0.3) is 0 Å². The average molecular weight is 232 g/mol. The minimum absolute atomic E-state index is 0.462. The number of nitrogens with zero attached hydrogens (tertiary/aromatic N) is 1. The van der Waals surface area contributed by atoms with Crippen LogP contribution >= 0.6 is 11.6 Å².